The molecule has 5 heteroatoms. The van der Waals surface area contributed by atoms with E-state index < -0.39 is 0 Å². The lowest BCUT2D eigenvalue weighted by atomic mass is 10.0. The van der Waals surface area contributed by atoms with Crippen LogP contribution in [0.2, 0.25) is 0 Å². The maximum atomic E-state index is 12.8. The van der Waals surface area contributed by atoms with Gasteiger partial charge in [-0.1, -0.05) is 6.07 Å². The van der Waals surface area contributed by atoms with Gasteiger partial charge in [0.1, 0.15) is 0 Å². The molecule has 2 aliphatic carbocycles. The summed E-state index contributed by atoms with van der Waals surface area (Å²) in [6.07, 6.45) is 4.14. The number of likely N-dealkylation sites (tertiary alicyclic amines) is 1. The lowest BCUT2D eigenvalue weighted by Gasteiger charge is -2.19. The van der Waals surface area contributed by atoms with Gasteiger partial charge >= 0.3 is 0 Å². The average molecular weight is 327 g/mol. The molecule has 128 valence electrons. The van der Waals surface area contributed by atoms with E-state index in [1.165, 1.54) is 0 Å². The summed E-state index contributed by atoms with van der Waals surface area (Å²) in [4.78, 5) is 29.0. The van der Waals surface area contributed by atoms with Gasteiger partial charge < -0.3 is 15.1 Å². The van der Waals surface area contributed by atoms with Gasteiger partial charge in [-0.25, -0.2) is 0 Å². The van der Waals surface area contributed by atoms with Gasteiger partial charge in [-0.2, -0.15) is 0 Å². The van der Waals surface area contributed by atoms with E-state index in [9.17, 15) is 9.59 Å². The predicted molar refractivity (Wildman–Crippen MR) is 93.0 cm³/mol. The van der Waals surface area contributed by atoms with E-state index in [-0.39, 0.29) is 23.1 Å². The van der Waals surface area contributed by atoms with E-state index in [4.69, 9.17) is 0 Å². The van der Waals surface area contributed by atoms with Crippen molar-refractivity contribution in [2.45, 2.75) is 31.7 Å². The molecule has 2 atom stereocenters. The standard InChI is InChI=1S/C19H25N3O2/c1-21(2)15-5-3-4-13(10-15)18(24)22-9-8-19(12-22)11-16(19)17(23)20-14-6-7-14/h3-5,10,14,16H,6-9,11-12H2,1-2H3,(H,20,23)/t16-,19-/m0/s1. The number of carbonyl (C=O) groups is 2. The Balaban J connectivity index is 1.41. The summed E-state index contributed by atoms with van der Waals surface area (Å²) in [6.45, 7) is 1.49. The predicted octanol–water partition coefficient (Wildman–Crippen LogP) is 1.88. The Kier molecular flexibility index (Phi) is 3.55. The zero-order valence-electron chi connectivity index (χ0n) is 14.4. The summed E-state index contributed by atoms with van der Waals surface area (Å²) in [5.41, 5.74) is 1.81. The highest BCUT2D eigenvalue weighted by Gasteiger charge is 2.61. The Hall–Kier alpha value is -2.04. The number of rotatable bonds is 4. The van der Waals surface area contributed by atoms with Crippen LogP contribution < -0.4 is 10.2 Å². The summed E-state index contributed by atoms with van der Waals surface area (Å²) in [6, 6.07) is 8.17. The fraction of sp³-hybridized carbons (Fsp3) is 0.579. The second-order valence-corrected chi connectivity index (χ2v) is 7.82. The maximum Gasteiger partial charge on any atom is 0.253 e. The number of nitrogens with zero attached hydrogens (tertiary/aromatic N) is 2. The lowest BCUT2D eigenvalue weighted by molar-refractivity contribution is -0.123. The highest BCUT2D eigenvalue weighted by atomic mass is 16.2. The SMILES string of the molecule is CN(C)c1cccc(C(=O)N2CC[C@]3(C[C@H]3C(=O)NC3CC3)C2)c1. The molecule has 5 nitrogen and oxygen atoms in total. The fourth-order valence-electron chi connectivity index (χ4n) is 3.87. The molecule has 1 aliphatic heterocycles. The summed E-state index contributed by atoms with van der Waals surface area (Å²) in [5, 5.41) is 3.11. The normalized spacial score (nSPS) is 28.1. The van der Waals surface area contributed by atoms with Crippen LogP contribution in [0.1, 0.15) is 36.0 Å². The quantitative estimate of drug-likeness (QED) is 0.919. The van der Waals surface area contributed by atoms with Crippen LogP contribution in [0.3, 0.4) is 0 Å². The Morgan fingerprint density at radius 2 is 2.08 bits per heavy atom. The van der Waals surface area contributed by atoms with E-state index in [2.05, 4.69) is 5.32 Å². The van der Waals surface area contributed by atoms with E-state index in [1.807, 2.05) is 48.2 Å². The van der Waals surface area contributed by atoms with E-state index in [0.29, 0.717) is 6.04 Å². The second-order valence-electron chi connectivity index (χ2n) is 7.82. The monoisotopic (exact) mass is 327 g/mol. The maximum absolute atomic E-state index is 12.8. The van der Waals surface area contributed by atoms with Crippen LogP contribution in [0.5, 0.6) is 0 Å². The van der Waals surface area contributed by atoms with Gasteiger partial charge in [0.25, 0.3) is 5.91 Å². The molecule has 3 aliphatic rings. The van der Waals surface area contributed by atoms with Crippen LogP contribution in [0.4, 0.5) is 5.69 Å². The molecule has 3 fully saturated rings. The van der Waals surface area contributed by atoms with Crippen molar-refractivity contribution in [2.24, 2.45) is 11.3 Å². The Morgan fingerprint density at radius 3 is 2.79 bits per heavy atom. The molecule has 1 aromatic carbocycles. The van der Waals surface area contributed by atoms with Crippen LogP contribution >= 0.6 is 0 Å². The topological polar surface area (TPSA) is 52.7 Å². The van der Waals surface area contributed by atoms with Crippen molar-refractivity contribution in [3.63, 3.8) is 0 Å². The average Bonchev–Trinajstić information content (AvgIpc) is 3.45. The zero-order chi connectivity index (χ0) is 16.9. The summed E-state index contributed by atoms with van der Waals surface area (Å²) >= 11 is 0. The van der Waals surface area contributed by atoms with Crippen molar-refractivity contribution in [2.75, 3.05) is 32.1 Å². The van der Waals surface area contributed by atoms with Crippen LogP contribution in [-0.2, 0) is 4.79 Å². The first-order chi connectivity index (χ1) is 11.5. The minimum Gasteiger partial charge on any atom is -0.378 e. The van der Waals surface area contributed by atoms with Crippen molar-refractivity contribution in [3.05, 3.63) is 29.8 Å². The molecule has 1 saturated heterocycles. The third-order valence-electron chi connectivity index (χ3n) is 5.71. The van der Waals surface area contributed by atoms with Crippen LogP contribution in [0.25, 0.3) is 0 Å². The zero-order valence-corrected chi connectivity index (χ0v) is 14.4. The molecular weight excluding hydrogens is 302 g/mol. The minimum absolute atomic E-state index is 0.0494. The number of nitrogens with one attached hydrogen (secondary N) is 1. The Bertz CT molecular complexity index is 683. The molecule has 0 unspecified atom stereocenters. The van der Waals surface area contributed by atoms with Gasteiger partial charge in [-0.05, 0) is 43.9 Å². The molecule has 4 rings (SSSR count). The highest BCUT2D eigenvalue weighted by Crippen LogP contribution is 2.58. The van der Waals surface area contributed by atoms with Gasteiger partial charge in [-0.15, -0.1) is 0 Å². The molecule has 0 bridgehead atoms. The fourth-order valence-corrected chi connectivity index (χ4v) is 3.87. The second kappa shape index (κ2) is 5.50. The van der Waals surface area contributed by atoms with Gasteiger partial charge in [0, 0.05) is 55.8 Å². The summed E-state index contributed by atoms with van der Waals surface area (Å²) in [7, 11) is 3.95. The molecule has 24 heavy (non-hydrogen) atoms. The number of anilines is 1. The lowest BCUT2D eigenvalue weighted by Crippen LogP contribution is -2.32. The van der Waals surface area contributed by atoms with Crippen LogP contribution in [-0.4, -0.2) is 49.9 Å². The molecule has 0 aromatic heterocycles. The third-order valence-corrected chi connectivity index (χ3v) is 5.71. The van der Waals surface area contributed by atoms with E-state index in [0.717, 1.165) is 50.0 Å². The number of carbonyl (C=O) groups excluding carboxylic acids is 2. The van der Waals surface area contributed by atoms with Crippen molar-refractivity contribution >= 4 is 17.5 Å². The molecule has 1 N–H and O–H groups in total. The van der Waals surface area contributed by atoms with Crippen molar-refractivity contribution in [1.29, 1.82) is 0 Å². The molecule has 1 aromatic rings. The number of amides is 2. The van der Waals surface area contributed by atoms with Gasteiger partial charge in [0.2, 0.25) is 5.91 Å². The number of hydrogen-bond acceptors (Lipinski definition) is 3. The molecule has 2 amide bonds. The first-order valence-corrected chi connectivity index (χ1v) is 8.86. The Morgan fingerprint density at radius 1 is 1.29 bits per heavy atom. The third kappa shape index (κ3) is 2.76. The van der Waals surface area contributed by atoms with Crippen molar-refractivity contribution < 1.29 is 9.59 Å². The van der Waals surface area contributed by atoms with Gasteiger partial charge in [-0.3, -0.25) is 9.59 Å². The highest BCUT2D eigenvalue weighted by molar-refractivity contribution is 5.95. The van der Waals surface area contributed by atoms with Crippen molar-refractivity contribution in [1.82, 2.24) is 10.2 Å². The van der Waals surface area contributed by atoms with Gasteiger partial charge in [0.05, 0.1) is 0 Å². The summed E-state index contributed by atoms with van der Waals surface area (Å²) < 4.78 is 0. The molecule has 1 spiro atoms. The minimum atomic E-state index is 0.0494. The largest absolute Gasteiger partial charge is 0.378 e. The molecule has 2 saturated carbocycles. The molecule has 1 heterocycles. The number of benzene rings is 1. The molecular formula is C19H25N3O2. The molecule has 0 radical (unpaired) electrons. The summed E-state index contributed by atoms with van der Waals surface area (Å²) in [5.74, 6) is 0.411. The van der Waals surface area contributed by atoms with E-state index in [1.54, 1.807) is 0 Å². The van der Waals surface area contributed by atoms with E-state index >= 15 is 0 Å². The van der Waals surface area contributed by atoms with Crippen LogP contribution in [0.15, 0.2) is 24.3 Å². The Labute approximate surface area is 143 Å². The van der Waals surface area contributed by atoms with Crippen LogP contribution in [0, 0.1) is 11.3 Å². The van der Waals surface area contributed by atoms with Gasteiger partial charge in [0.15, 0.2) is 0 Å². The first-order valence-electron chi connectivity index (χ1n) is 8.86. The smallest absolute Gasteiger partial charge is 0.253 e. The van der Waals surface area contributed by atoms with Crippen molar-refractivity contribution in [3.8, 4) is 0 Å². The number of hydrogen-bond donors (Lipinski definition) is 1. The first kappa shape index (κ1) is 15.5.